The minimum Gasteiger partial charge on any atom is -0.478 e. The van der Waals surface area contributed by atoms with Crippen LogP contribution in [0.25, 0.3) is 0 Å². The van der Waals surface area contributed by atoms with E-state index in [1.165, 1.54) is 18.2 Å². The number of carboxylic acids is 1. The Morgan fingerprint density at radius 2 is 2.12 bits per heavy atom. The van der Waals surface area contributed by atoms with Crippen LogP contribution in [0.3, 0.4) is 0 Å². The van der Waals surface area contributed by atoms with E-state index in [0.29, 0.717) is 4.47 Å². The highest BCUT2D eigenvalue weighted by Gasteiger charge is 2.18. The zero-order valence-corrected chi connectivity index (χ0v) is 11.5. The number of rotatable bonds is 4. The third-order valence-corrected chi connectivity index (χ3v) is 4.66. The van der Waals surface area contributed by atoms with Crippen molar-refractivity contribution in [2.75, 3.05) is 5.75 Å². The zero-order chi connectivity index (χ0) is 13.1. The van der Waals surface area contributed by atoms with Crippen molar-refractivity contribution in [1.82, 2.24) is 0 Å². The van der Waals surface area contributed by atoms with Crippen molar-refractivity contribution in [3.8, 4) is 0 Å². The highest BCUT2D eigenvalue weighted by molar-refractivity contribution is 9.10. The number of hydrogen-bond donors (Lipinski definition) is 1. The highest BCUT2D eigenvalue weighted by atomic mass is 79.9. The van der Waals surface area contributed by atoms with Gasteiger partial charge in [-0.05, 0) is 41.1 Å². The van der Waals surface area contributed by atoms with Crippen LogP contribution in [0.2, 0.25) is 0 Å². The van der Waals surface area contributed by atoms with Gasteiger partial charge in [0, 0.05) is 4.47 Å². The first kappa shape index (κ1) is 13.9. The molecule has 92 valence electrons. The Balaban J connectivity index is 3.30. The van der Waals surface area contributed by atoms with Crippen molar-refractivity contribution in [3.63, 3.8) is 0 Å². The third-order valence-electron chi connectivity index (χ3n) is 2.06. The summed E-state index contributed by atoms with van der Waals surface area (Å²) in [6, 6.07) is 3.93. The Bertz CT molecular complexity index is 561. The van der Waals surface area contributed by atoms with Crippen molar-refractivity contribution in [1.29, 1.82) is 0 Å². The van der Waals surface area contributed by atoms with Crippen molar-refractivity contribution in [2.24, 2.45) is 0 Å². The smallest absolute Gasteiger partial charge is 0.335 e. The van der Waals surface area contributed by atoms with E-state index in [4.69, 9.17) is 5.11 Å². The van der Waals surface area contributed by atoms with Gasteiger partial charge in [-0.15, -0.1) is 0 Å². The fourth-order valence-corrected chi connectivity index (χ4v) is 3.47. The van der Waals surface area contributed by atoms with Crippen molar-refractivity contribution >= 4 is 31.7 Å². The minimum absolute atomic E-state index is 0.00417. The summed E-state index contributed by atoms with van der Waals surface area (Å²) in [5.41, 5.74) is -0.0488. The first-order valence-electron chi connectivity index (χ1n) is 4.75. The molecule has 0 unspecified atom stereocenters. The zero-order valence-electron chi connectivity index (χ0n) is 9.05. The van der Waals surface area contributed by atoms with Crippen LogP contribution in [-0.2, 0) is 9.84 Å². The number of halogens is 1. The van der Waals surface area contributed by atoms with Crippen LogP contribution in [0.4, 0.5) is 0 Å². The predicted octanol–water partition coefficient (Wildman–Crippen LogP) is 2.50. The van der Waals surface area contributed by atoms with Crippen LogP contribution in [-0.4, -0.2) is 25.2 Å². The van der Waals surface area contributed by atoms with E-state index in [-0.39, 0.29) is 16.2 Å². The molecule has 0 saturated heterocycles. The molecule has 1 rings (SSSR count). The number of aromatic carboxylic acids is 1. The molecule has 0 atom stereocenters. The number of sulfone groups is 1. The van der Waals surface area contributed by atoms with Gasteiger partial charge in [0.2, 0.25) is 0 Å². The molecule has 0 amide bonds. The second-order valence-corrected chi connectivity index (χ2v) is 6.16. The van der Waals surface area contributed by atoms with Gasteiger partial charge in [-0.1, -0.05) is 12.2 Å². The summed E-state index contributed by atoms with van der Waals surface area (Å²) in [5.74, 6) is -1.30. The second kappa shape index (κ2) is 5.46. The quantitative estimate of drug-likeness (QED) is 0.866. The topological polar surface area (TPSA) is 71.4 Å². The lowest BCUT2D eigenvalue weighted by molar-refractivity contribution is 0.0696. The predicted molar refractivity (Wildman–Crippen MR) is 68.0 cm³/mol. The average molecular weight is 319 g/mol. The summed E-state index contributed by atoms with van der Waals surface area (Å²) >= 11 is 3.11. The minimum atomic E-state index is -3.51. The first-order chi connectivity index (χ1) is 7.88. The fourth-order valence-electron chi connectivity index (χ4n) is 1.19. The van der Waals surface area contributed by atoms with Gasteiger partial charge in [0.05, 0.1) is 16.2 Å². The van der Waals surface area contributed by atoms with Gasteiger partial charge in [-0.25, -0.2) is 13.2 Å². The molecule has 1 aromatic rings. The average Bonchev–Trinajstić information content (AvgIpc) is 2.26. The molecule has 0 aliphatic rings. The highest BCUT2D eigenvalue weighted by Crippen LogP contribution is 2.24. The van der Waals surface area contributed by atoms with E-state index in [9.17, 15) is 13.2 Å². The fraction of sp³-hybridized carbons (Fsp3) is 0.182. The second-order valence-electron chi connectivity index (χ2n) is 3.30. The summed E-state index contributed by atoms with van der Waals surface area (Å²) < 4.78 is 24.2. The Labute approximate surface area is 108 Å². The van der Waals surface area contributed by atoms with Crippen molar-refractivity contribution < 1.29 is 18.3 Å². The molecule has 0 aliphatic heterocycles. The van der Waals surface area contributed by atoms with E-state index in [0.717, 1.165) is 6.07 Å². The van der Waals surface area contributed by atoms with Gasteiger partial charge in [0.15, 0.2) is 9.84 Å². The van der Waals surface area contributed by atoms with E-state index in [1.807, 2.05) is 0 Å². The van der Waals surface area contributed by atoms with Gasteiger partial charge >= 0.3 is 5.97 Å². The van der Waals surface area contributed by atoms with Crippen LogP contribution in [0.1, 0.15) is 17.3 Å². The lowest BCUT2D eigenvalue weighted by Crippen LogP contribution is -2.07. The van der Waals surface area contributed by atoms with Gasteiger partial charge in [0.1, 0.15) is 0 Å². The van der Waals surface area contributed by atoms with E-state index in [1.54, 1.807) is 13.0 Å². The Morgan fingerprint density at radius 3 is 2.65 bits per heavy atom. The van der Waals surface area contributed by atoms with Crippen LogP contribution >= 0.6 is 15.9 Å². The maximum absolute atomic E-state index is 11.9. The normalized spacial score (nSPS) is 11.9. The molecule has 0 bridgehead atoms. The maximum atomic E-state index is 11.9. The molecule has 6 heteroatoms. The largest absolute Gasteiger partial charge is 0.478 e. The van der Waals surface area contributed by atoms with E-state index in [2.05, 4.69) is 15.9 Å². The maximum Gasteiger partial charge on any atom is 0.335 e. The van der Waals surface area contributed by atoms with E-state index < -0.39 is 15.8 Å². The molecule has 1 aromatic carbocycles. The number of allylic oxidation sites excluding steroid dienone is 1. The van der Waals surface area contributed by atoms with Crippen molar-refractivity contribution in [2.45, 2.75) is 11.8 Å². The summed E-state index contributed by atoms with van der Waals surface area (Å²) in [5, 5.41) is 8.82. The molecule has 4 nitrogen and oxygen atoms in total. The molecule has 1 N–H and O–H groups in total. The Morgan fingerprint density at radius 1 is 1.47 bits per heavy atom. The molecule has 0 saturated carbocycles. The third kappa shape index (κ3) is 3.41. The molecular weight excluding hydrogens is 308 g/mol. The van der Waals surface area contributed by atoms with Crippen LogP contribution in [0.5, 0.6) is 0 Å². The molecule has 0 aliphatic carbocycles. The lowest BCUT2D eigenvalue weighted by atomic mass is 10.2. The molecule has 0 fully saturated rings. The summed E-state index contributed by atoms with van der Waals surface area (Å²) in [4.78, 5) is 10.8. The Kier molecular flexibility index (Phi) is 4.47. The van der Waals surface area contributed by atoms with Crippen LogP contribution in [0, 0.1) is 0 Å². The summed E-state index contributed by atoms with van der Waals surface area (Å²) in [7, 11) is -3.51. The molecule has 0 heterocycles. The summed E-state index contributed by atoms with van der Waals surface area (Å²) in [6.07, 6.45) is 3.14. The number of benzene rings is 1. The standard InChI is InChI=1S/C11H11BrO4S/c1-2-3-6-17(15,16)10-7-8(11(13)14)4-5-9(10)12/h2-5,7H,6H2,1H3,(H,13,14)/b3-2+. The van der Waals surface area contributed by atoms with Crippen LogP contribution in [0.15, 0.2) is 39.7 Å². The van der Waals surface area contributed by atoms with Crippen molar-refractivity contribution in [3.05, 3.63) is 40.4 Å². The summed E-state index contributed by atoms with van der Waals surface area (Å²) in [6.45, 7) is 1.72. The van der Waals surface area contributed by atoms with Gasteiger partial charge in [0.25, 0.3) is 0 Å². The van der Waals surface area contributed by atoms with Gasteiger partial charge in [-0.2, -0.15) is 0 Å². The Hall–Kier alpha value is -1.14. The number of carboxylic acid groups (broad SMARTS) is 1. The monoisotopic (exact) mass is 318 g/mol. The van der Waals surface area contributed by atoms with Gasteiger partial charge < -0.3 is 5.11 Å². The van der Waals surface area contributed by atoms with Crippen LogP contribution < -0.4 is 0 Å². The first-order valence-corrected chi connectivity index (χ1v) is 7.20. The molecule has 0 aromatic heterocycles. The molecule has 0 radical (unpaired) electrons. The molecular formula is C11H11BrO4S. The number of carbonyl (C=O) groups is 1. The number of hydrogen-bond acceptors (Lipinski definition) is 3. The lowest BCUT2D eigenvalue weighted by Gasteiger charge is -2.05. The van der Waals surface area contributed by atoms with E-state index >= 15 is 0 Å². The molecule has 0 spiro atoms. The van der Waals surface area contributed by atoms with Gasteiger partial charge in [-0.3, -0.25) is 0 Å². The SMILES string of the molecule is C/C=C/CS(=O)(=O)c1cc(C(=O)O)ccc1Br. The molecule has 17 heavy (non-hydrogen) atoms.